The third-order valence-corrected chi connectivity index (χ3v) is 3.46. The van der Waals surface area contributed by atoms with Gasteiger partial charge in [0.05, 0.1) is 0 Å². The maximum atomic E-state index is 13.1. The number of aromatic nitrogens is 2. The lowest BCUT2D eigenvalue weighted by atomic mass is 9.96. The summed E-state index contributed by atoms with van der Waals surface area (Å²) in [4.78, 5) is 9.49. The number of rotatable bonds is 2. The summed E-state index contributed by atoms with van der Waals surface area (Å²) in [5.41, 5.74) is -0.178. The van der Waals surface area contributed by atoms with Gasteiger partial charge in [0.25, 0.3) is 0 Å². The third kappa shape index (κ3) is 3.91. The van der Waals surface area contributed by atoms with Crippen LogP contribution in [0.2, 0.25) is 5.15 Å². The summed E-state index contributed by atoms with van der Waals surface area (Å²) < 4.78 is 13.1. The first-order valence-electron chi connectivity index (χ1n) is 5.83. The van der Waals surface area contributed by atoms with Crippen molar-refractivity contribution in [3.8, 4) is 0 Å². The molecule has 0 N–H and O–H groups in total. The van der Waals surface area contributed by atoms with Gasteiger partial charge in [0, 0.05) is 16.4 Å². The van der Waals surface area contributed by atoms with Gasteiger partial charge < -0.3 is 0 Å². The summed E-state index contributed by atoms with van der Waals surface area (Å²) in [6.07, 6.45) is 0. The van der Waals surface area contributed by atoms with Gasteiger partial charge in [0.2, 0.25) is 0 Å². The molecule has 0 radical (unpaired) electrons. The predicted octanol–water partition coefficient (Wildman–Crippen LogP) is 4.72. The quantitative estimate of drug-likeness (QED) is 0.750. The predicted molar refractivity (Wildman–Crippen MR) is 76.3 cm³/mol. The third-order valence-electron chi connectivity index (χ3n) is 2.36. The lowest BCUT2D eigenvalue weighted by Gasteiger charge is -2.17. The van der Waals surface area contributed by atoms with Gasteiger partial charge in [-0.2, -0.15) is 0 Å². The van der Waals surface area contributed by atoms with E-state index in [4.69, 9.17) is 11.6 Å². The minimum Gasteiger partial charge on any atom is -0.226 e. The van der Waals surface area contributed by atoms with Crippen molar-refractivity contribution in [1.29, 1.82) is 0 Å². The average Bonchev–Trinajstić information content (AvgIpc) is 2.26. The van der Waals surface area contributed by atoms with E-state index in [1.54, 1.807) is 12.1 Å². The van der Waals surface area contributed by atoms with Gasteiger partial charge in [-0.3, -0.25) is 0 Å². The van der Waals surface area contributed by atoms with Crippen molar-refractivity contribution in [2.45, 2.75) is 36.1 Å². The van der Waals surface area contributed by atoms with Crippen LogP contribution in [-0.2, 0) is 5.41 Å². The van der Waals surface area contributed by atoms with Crippen LogP contribution in [0, 0.1) is 5.82 Å². The summed E-state index contributed by atoms with van der Waals surface area (Å²) in [5.74, 6) is 0.417. The molecule has 0 bridgehead atoms. The van der Waals surface area contributed by atoms with Crippen molar-refractivity contribution >= 4 is 23.4 Å². The van der Waals surface area contributed by atoms with E-state index < -0.39 is 0 Å². The van der Waals surface area contributed by atoms with Gasteiger partial charge >= 0.3 is 0 Å². The maximum Gasteiger partial charge on any atom is 0.136 e. The Balaban J connectivity index is 2.33. The van der Waals surface area contributed by atoms with Crippen LogP contribution in [0.25, 0.3) is 0 Å². The summed E-state index contributed by atoms with van der Waals surface area (Å²) in [6, 6.07) is 8.08. The molecule has 0 amide bonds. The molecule has 0 atom stereocenters. The molecule has 5 heteroatoms. The number of hydrogen-bond acceptors (Lipinski definition) is 3. The van der Waals surface area contributed by atoms with E-state index in [0.29, 0.717) is 11.0 Å². The fourth-order valence-corrected chi connectivity index (χ4v) is 2.55. The Labute approximate surface area is 121 Å². The van der Waals surface area contributed by atoms with Crippen molar-refractivity contribution in [2.24, 2.45) is 0 Å². The van der Waals surface area contributed by atoms with Crippen molar-refractivity contribution in [1.82, 2.24) is 9.97 Å². The molecule has 2 aromatic rings. The van der Waals surface area contributed by atoms with Crippen LogP contribution in [0.1, 0.15) is 26.6 Å². The molecule has 19 heavy (non-hydrogen) atoms. The average molecular weight is 297 g/mol. The van der Waals surface area contributed by atoms with Gasteiger partial charge in [-0.25, -0.2) is 14.4 Å². The van der Waals surface area contributed by atoms with Crippen LogP contribution in [0.5, 0.6) is 0 Å². The van der Waals surface area contributed by atoms with Crippen LogP contribution >= 0.6 is 23.4 Å². The molecule has 2 rings (SSSR count). The van der Waals surface area contributed by atoms with Gasteiger partial charge in [0.1, 0.15) is 21.8 Å². The van der Waals surface area contributed by atoms with Crippen LogP contribution in [0.4, 0.5) is 4.39 Å². The van der Waals surface area contributed by atoms with E-state index in [-0.39, 0.29) is 11.2 Å². The van der Waals surface area contributed by atoms with Gasteiger partial charge in [-0.05, 0) is 18.2 Å². The molecule has 0 aliphatic rings. The molecule has 0 unspecified atom stereocenters. The number of hydrogen-bond donors (Lipinski definition) is 0. The van der Waals surface area contributed by atoms with Gasteiger partial charge in [0.15, 0.2) is 0 Å². The molecule has 0 spiro atoms. The molecular weight excluding hydrogens is 283 g/mol. The zero-order valence-electron chi connectivity index (χ0n) is 10.9. The molecule has 1 heterocycles. The highest BCUT2D eigenvalue weighted by Gasteiger charge is 2.19. The summed E-state index contributed by atoms with van der Waals surface area (Å²) in [6.45, 7) is 6.07. The maximum absolute atomic E-state index is 13.1. The normalized spacial score (nSPS) is 11.6. The molecule has 100 valence electrons. The highest BCUT2D eigenvalue weighted by atomic mass is 35.5. The Morgan fingerprint density at radius 2 is 1.89 bits per heavy atom. The molecule has 1 aromatic heterocycles. The smallest absolute Gasteiger partial charge is 0.136 e. The second-order valence-corrected chi connectivity index (χ2v) is 6.64. The highest BCUT2D eigenvalue weighted by molar-refractivity contribution is 7.99. The largest absolute Gasteiger partial charge is 0.226 e. The van der Waals surface area contributed by atoms with E-state index in [2.05, 4.69) is 9.97 Å². The number of halogens is 2. The molecule has 0 saturated carbocycles. The van der Waals surface area contributed by atoms with Crippen molar-refractivity contribution in [3.63, 3.8) is 0 Å². The lowest BCUT2D eigenvalue weighted by molar-refractivity contribution is 0.538. The van der Waals surface area contributed by atoms with Crippen molar-refractivity contribution in [3.05, 3.63) is 47.1 Å². The molecule has 0 aliphatic carbocycles. The summed E-state index contributed by atoms with van der Waals surface area (Å²) in [7, 11) is 0. The number of nitrogens with zero attached hydrogens (tertiary/aromatic N) is 2. The first-order chi connectivity index (χ1) is 8.84. The second-order valence-electron chi connectivity index (χ2n) is 5.16. The minimum absolute atomic E-state index is 0.178. The Morgan fingerprint density at radius 1 is 1.16 bits per heavy atom. The first-order valence-corrected chi connectivity index (χ1v) is 7.02. The molecule has 0 aliphatic heterocycles. The van der Waals surface area contributed by atoms with Crippen molar-refractivity contribution < 1.29 is 4.39 Å². The zero-order chi connectivity index (χ0) is 14.0. The standard InChI is InChI=1S/C14H14ClFN2S/c1-14(2,3)13-17-11(15)8-12(18-13)19-10-6-4-5-9(16)7-10/h4-8H,1-3H3. The van der Waals surface area contributed by atoms with E-state index in [9.17, 15) is 4.39 Å². The van der Waals surface area contributed by atoms with E-state index in [0.717, 1.165) is 9.92 Å². The van der Waals surface area contributed by atoms with Crippen LogP contribution in [0.15, 0.2) is 40.3 Å². The molecule has 0 saturated heterocycles. The molecular formula is C14H14ClFN2S. The number of benzene rings is 1. The van der Waals surface area contributed by atoms with Crippen LogP contribution in [-0.4, -0.2) is 9.97 Å². The molecule has 2 nitrogen and oxygen atoms in total. The summed E-state index contributed by atoms with van der Waals surface area (Å²) in [5, 5.41) is 1.12. The van der Waals surface area contributed by atoms with Gasteiger partial charge in [-0.1, -0.05) is 50.2 Å². The van der Waals surface area contributed by atoms with Gasteiger partial charge in [-0.15, -0.1) is 0 Å². The Bertz CT molecular complexity index is 596. The SMILES string of the molecule is CC(C)(C)c1nc(Cl)cc(Sc2cccc(F)c2)n1. The minimum atomic E-state index is -0.263. The van der Waals surface area contributed by atoms with E-state index >= 15 is 0 Å². The molecule has 0 fully saturated rings. The zero-order valence-corrected chi connectivity index (χ0v) is 12.5. The van der Waals surface area contributed by atoms with Crippen LogP contribution in [0.3, 0.4) is 0 Å². The monoisotopic (exact) mass is 296 g/mol. The highest BCUT2D eigenvalue weighted by Crippen LogP contribution is 2.30. The first kappa shape index (κ1) is 14.3. The fraction of sp³-hybridized carbons (Fsp3) is 0.286. The van der Waals surface area contributed by atoms with E-state index in [1.165, 1.54) is 23.9 Å². The topological polar surface area (TPSA) is 25.8 Å². The van der Waals surface area contributed by atoms with Crippen LogP contribution < -0.4 is 0 Å². The fourth-order valence-electron chi connectivity index (χ4n) is 1.44. The Hall–Kier alpha value is -1.13. The van der Waals surface area contributed by atoms with Crippen molar-refractivity contribution in [2.75, 3.05) is 0 Å². The second kappa shape index (κ2) is 5.47. The Morgan fingerprint density at radius 3 is 2.53 bits per heavy atom. The molecule has 1 aromatic carbocycles. The lowest BCUT2D eigenvalue weighted by Crippen LogP contribution is -2.16. The van der Waals surface area contributed by atoms with E-state index in [1.807, 2.05) is 26.8 Å². The summed E-state index contributed by atoms with van der Waals surface area (Å²) >= 11 is 7.39. The Kier molecular flexibility index (Phi) is 4.11.